The third kappa shape index (κ3) is 2.87. The number of benzene rings is 2. The van der Waals surface area contributed by atoms with Gasteiger partial charge in [0, 0.05) is 5.02 Å². The molecule has 0 fully saturated rings. The maximum atomic E-state index is 6.55. The molecule has 0 aromatic heterocycles. The summed E-state index contributed by atoms with van der Waals surface area (Å²) >= 11 is 12.9. The molecule has 106 valence electrons. The van der Waals surface area contributed by atoms with E-state index in [4.69, 9.17) is 32.7 Å². The van der Waals surface area contributed by atoms with E-state index in [-0.39, 0.29) is 5.38 Å². The van der Waals surface area contributed by atoms with Crippen molar-refractivity contribution < 1.29 is 9.47 Å². The summed E-state index contributed by atoms with van der Waals surface area (Å²) in [5.41, 5.74) is 2.81. The number of ether oxygens (including phenoxy) is 2. The molecule has 0 aliphatic carbocycles. The highest BCUT2D eigenvalue weighted by Gasteiger charge is 2.17. The second kappa shape index (κ2) is 6.38. The molecule has 0 heterocycles. The lowest BCUT2D eigenvalue weighted by Gasteiger charge is -2.15. The number of halogens is 2. The topological polar surface area (TPSA) is 18.5 Å². The van der Waals surface area contributed by atoms with Crippen LogP contribution >= 0.6 is 23.2 Å². The van der Waals surface area contributed by atoms with Gasteiger partial charge in [-0.15, -0.1) is 11.6 Å². The monoisotopic (exact) mass is 310 g/mol. The number of hydrogen-bond acceptors (Lipinski definition) is 2. The van der Waals surface area contributed by atoms with Crippen molar-refractivity contribution in [3.8, 4) is 11.5 Å². The number of hydrogen-bond donors (Lipinski definition) is 0. The largest absolute Gasteiger partial charge is 0.493 e. The molecule has 1 atom stereocenters. The quantitative estimate of drug-likeness (QED) is 0.740. The zero-order valence-corrected chi connectivity index (χ0v) is 13.1. The van der Waals surface area contributed by atoms with Gasteiger partial charge in [-0.1, -0.05) is 35.9 Å². The van der Waals surface area contributed by atoms with Gasteiger partial charge in [-0.05, 0) is 35.7 Å². The van der Waals surface area contributed by atoms with Crippen molar-refractivity contribution >= 4 is 23.2 Å². The van der Waals surface area contributed by atoms with Crippen molar-refractivity contribution in [2.24, 2.45) is 0 Å². The minimum Gasteiger partial charge on any atom is -0.493 e. The van der Waals surface area contributed by atoms with Crippen molar-refractivity contribution in [3.05, 3.63) is 58.1 Å². The van der Waals surface area contributed by atoms with Crippen LogP contribution < -0.4 is 9.47 Å². The fourth-order valence-electron chi connectivity index (χ4n) is 2.06. The molecule has 0 aliphatic rings. The molecule has 0 amide bonds. The minimum absolute atomic E-state index is 0.331. The Morgan fingerprint density at radius 2 is 1.70 bits per heavy atom. The van der Waals surface area contributed by atoms with Crippen molar-refractivity contribution in [2.45, 2.75) is 12.3 Å². The number of alkyl halides is 1. The van der Waals surface area contributed by atoms with E-state index in [2.05, 4.69) is 0 Å². The van der Waals surface area contributed by atoms with Crippen molar-refractivity contribution in [3.63, 3.8) is 0 Å². The summed E-state index contributed by atoms with van der Waals surface area (Å²) in [7, 11) is 3.21. The Morgan fingerprint density at radius 1 is 1.00 bits per heavy atom. The molecule has 2 aromatic carbocycles. The molecule has 20 heavy (non-hydrogen) atoms. The van der Waals surface area contributed by atoms with Gasteiger partial charge in [0.25, 0.3) is 0 Å². The van der Waals surface area contributed by atoms with Gasteiger partial charge in [-0.2, -0.15) is 0 Å². The van der Waals surface area contributed by atoms with Gasteiger partial charge in [0.1, 0.15) is 0 Å². The van der Waals surface area contributed by atoms with E-state index in [0.29, 0.717) is 16.5 Å². The van der Waals surface area contributed by atoms with E-state index in [1.165, 1.54) is 0 Å². The molecule has 0 spiro atoms. The molecule has 0 saturated heterocycles. The number of aryl methyl sites for hydroxylation is 1. The van der Waals surface area contributed by atoms with Gasteiger partial charge in [0.15, 0.2) is 11.5 Å². The molecule has 0 N–H and O–H groups in total. The first-order chi connectivity index (χ1) is 9.58. The fraction of sp³-hybridized carbons (Fsp3) is 0.250. The molecule has 0 radical (unpaired) electrons. The number of rotatable bonds is 4. The Balaban J connectivity index is 2.43. The van der Waals surface area contributed by atoms with E-state index in [0.717, 1.165) is 16.7 Å². The van der Waals surface area contributed by atoms with Crippen LogP contribution in [0.3, 0.4) is 0 Å². The molecule has 2 aromatic rings. The van der Waals surface area contributed by atoms with E-state index >= 15 is 0 Å². The standard InChI is InChI=1S/C16H16Cl2O2/c1-10-5-4-6-12(15(10)17)16(18)11-7-8-13(19-2)14(9-11)20-3/h4-9,16H,1-3H3. The lowest BCUT2D eigenvalue weighted by molar-refractivity contribution is 0.354. The van der Waals surface area contributed by atoms with Crippen LogP contribution in [0.25, 0.3) is 0 Å². The van der Waals surface area contributed by atoms with Crippen LogP contribution in [0.15, 0.2) is 36.4 Å². The Hall–Kier alpha value is -1.38. The van der Waals surface area contributed by atoms with Gasteiger partial charge in [-0.3, -0.25) is 0 Å². The second-order valence-electron chi connectivity index (χ2n) is 4.46. The first-order valence-corrected chi connectivity index (χ1v) is 7.01. The fourth-order valence-corrected chi connectivity index (χ4v) is 2.66. The normalized spacial score (nSPS) is 12.1. The Labute approximate surface area is 129 Å². The Kier molecular flexibility index (Phi) is 4.79. The first-order valence-electron chi connectivity index (χ1n) is 6.19. The Bertz CT molecular complexity index is 611. The maximum absolute atomic E-state index is 6.55. The lowest BCUT2D eigenvalue weighted by Crippen LogP contribution is -1.98. The van der Waals surface area contributed by atoms with E-state index in [9.17, 15) is 0 Å². The van der Waals surface area contributed by atoms with Crippen LogP contribution in [0.4, 0.5) is 0 Å². The van der Waals surface area contributed by atoms with Gasteiger partial charge >= 0.3 is 0 Å². The highest BCUT2D eigenvalue weighted by Crippen LogP contribution is 2.38. The van der Waals surface area contributed by atoms with Crippen LogP contribution in [0.1, 0.15) is 22.1 Å². The predicted molar refractivity (Wildman–Crippen MR) is 83.4 cm³/mol. The van der Waals surface area contributed by atoms with Crippen molar-refractivity contribution in [2.75, 3.05) is 14.2 Å². The average Bonchev–Trinajstić information content (AvgIpc) is 2.48. The van der Waals surface area contributed by atoms with E-state index < -0.39 is 0 Å². The lowest BCUT2D eigenvalue weighted by atomic mass is 10.0. The minimum atomic E-state index is -0.331. The summed E-state index contributed by atoms with van der Waals surface area (Å²) in [4.78, 5) is 0. The van der Waals surface area contributed by atoms with E-state index in [1.54, 1.807) is 14.2 Å². The van der Waals surface area contributed by atoms with Crippen LogP contribution in [0, 0.1) is 6.92 Å². The van der Waals surface area contributed by atoms with Crippen molar-refractivity contribution in [1.82, 2.24) is 0 Å². The SMILES string of the molecule is COc1ccc(C(Cl)c2cccc(C)c2Cl)cc1OC. The summed E-state index contributed by atoms with van der Waals surface area (Å²) in [5, 5.41) is 0.365. The number of methoxy groups -OCH3 is 2. The molecule has 0 saturated carbocycles. The molecular formula is C16H16Cl2O2. The Morgan fingerprint density at radius 3 is 2.35 bits per heavy atom. The zero-order valence-electron chi connectivity index (χ0n) is 11.6. The molecule has 2 rings (SSSR count). The average molecular weight is 311 g/mol. The zero-order chi connectivity index (χ0) is 14.7. The molecule has 0 aliphatic heterocycles. The summed E-state index contributed by atoms with van der Waals surface area (Å²) in [6, 6.07) is 11.5. The molecule has 0 bridgehead atoms. The third-order valence-electron chi connectivity index (χ3n) is 3.19. The summed E-state index contributed by atoms with van der Waals surface area (Å²) in [5.74, 6) is 1.33. The second-order valence-corrected chi connectivity index (χ2v) is 5.27. The third-order valence-corrected chi connectivity index (χ3v) is 4.20. The van der Waals surface area contributed by atoms with Crippen LogP contribution in [0.2, 0.25) is 5.02 Å². The summed E-state index contributed by atoms with van der Waals surface area (Å²) < 4.78 is 10.5. The van der Waals surface area contributed by atoms with Crippen molar-refractivity contribution in [1.29, 1.82) is 0 Å². The molecule has 4 heteroatoms. The van der Waals surface area contributed by atoms with Gasteiger partial charge in [0.2, 0.25) is 0 Å². The predicted octanol–water partition coefficient (Wildman–Crippen LogP) is 4.99. The molecule has 2 nitrogen and oxygen atoms in total. The summed E-state index contributed by atoms with van der Waals surface area (Å²) in [6.45, 7) is 1.96. The van der Waals surface area contributed by atoms with Gasteiger partial charge in [-0.25, -0.2) is 0 Å². The van der Waals surface area contributed by atoms with Crippen LogP contribution in [-0.2, 0) is 0 Å². The highest BCUT2D eigenvalue weighted by molar-refractivity contribution is 6.33. The summed E-state index contributed by atoms with van der Waals surface area (Å²) in [6.07, 6.45) is 0. The van der Waals surface area contributed by atoms with Gasteiger partial charge in [0.05, 0.1) is 19.6 Å². The first kappa shape index (κ1) is 15.0. The van der Waals surface area contributed by atoms with Gasteiger partial charge < -0.3 is 9.47 Å². The maximum Gasteiger partial charge on any atom is 0.161 e. The molecular weight excluding hydrogens is 295 g/mol. The highest BCUT2D eigenvalue weighted by atomic mass is 35.5. The van der Waals surface area contributed by atoms with E-state index in [1.807, 2.05) is 43.3 Å². The smallest absolute Gasteiger partial charge is 0.161 e. The van der Waals surface area contributed by atoms with Crippen LogP contribution in [-0.4, -0.2) is 14.2 Å². The van der Waals surface area contributed by atoms with Crippen LogP contribution in [0.5, 0.6) is 11.5 Å². The molecule has 1 unspecified atom stereocenters.